The Bertz CT molecular complexity index is 1340. The number of nitrogen functional groups attached to an aromatic ring is 1. The molecule has 12 heteroatoms. The number of methoxy groups -OCH3 is 2. The number of nitrogens with zero attached hydrogens (tertiary/aromatic N) is 4. The van der Waals surface area contributed by atoms with Crippen LogP contribution in [-0.2, 0) is 0 Å². The van der Waals surface area contributed by atoms with Crippen molar-refractivity contribution in [2.45, 2.75) is 6.04 Å². The first-order chi connectivity index (χ1) is 15.9. The summed E-state index contributed by atoms with van der Waals surface area (Å²) in [6, 6.07) is 7.08. The number of anilines is 2. The van der Waals surface area contributed by atoms with Crippen molar-refractivity contribution in [1.29, 1.82) is 0 Å². The van der Waals surface area contributed by atoms with Crippen molar-refractivity contribution >= 4 is 11.4 Å². The minimum absolute atomic E-state index is 0.0232. The number of rotatable bonds is 7. The Hall–Kier alpha value is -4.48. The minimum Gasteiger partial charge on any atom is -0.493 e. The van der Waals surface area contributed by atoms with Crippen molar-refractivity contribution in [3.05, 3.63) is 82.3 Å². The second-order valence-electron chi connectivity index (χ2n) is 6.82. The van der Waals surface area contributed by atoms with E-state index in [-0.39, 0.29) is 40.2 Å². The lowest BCUT2D eigenvalue weighted by Gasteiger charge is -2.20. The number of nitrogens with two attached hydrogens (primary N) is 1. The molecular weight excluding hydrogens is 436 g/mol. The van der Waals surface area contributed by atoms with Crippen molar-refractivity contribution in [3.8, 4) is 17.4 Å². The van der Waals surface area contributed by atoms with Crippen LogP contribution in [0.25, 0.3) is 5.95 Å². The number of halogens is 2. The average Bonchev–Trinajstić information content (AvgIpc) is 3.21. The fourth-order valence-electron chi connectivity index (χ4n) is 3.17. The smallest absolute Gasteiger partial charge is 0.350 e. The van der Waals surface area contributed by atoms with Crippen LogP contribution >= 0.6 is 0 Å². The first kappa shape index (κ1) is 21.7. The average molecular weight is 455 g/mol. The molecule has 4 N–H and O–H groups in total. The zero-order valence-corrected chi connectivity index (χ0v) is 17.5. The SMILES string of the molecule is COc1cc(F)c(C(Nc2ccc(N)c(F)c2)c2nn(-c3ncccn3)c(=O)[nH]2)cc1OC. The molecule has 10 nitrogen and oxygen atoms in total. The van der Waals surface area contributed by atoms with E-state index in [1.54, 1.807) is 6.07 Å². The number of aromatic nitrogens is 5. The molecule has 0 aliphatic rings. The van der Waals surface area contributed by atoms with E-state index in [2.05, 4.69) is 25.4 Å². The highest BCUT2D eigenvalue weighted by molar-refractivity contribution is 5.55. The second-order valence-corrected chi connectivity index (χ2v) is 6.82. The normalized spacial score (nSPS) is 11.8. The molecule has 0 bridgehead atoms. The summed E-state index contributed by atoms with van der Waals surface area (Å²) in [7, 11) is 2.78. The van der Waals surface area contributed by atoms with Crippen LogP contribution in [0.5, 0.6) is 11.5 Å². The van der Waals surface area contributed by atoms with Crippen molar-refractivity contribution in [2.24, 2.45) is 0 Å². The number of hydrogen-bond donors (Lipinski definition) is 3. The van der Waals surface area contributed by atoms with Gasteiger partial charge in [-0.05, 0) is 30.3 Å². The Morgan fingerprint density at radius 1 is 1.06 bits per heavy atom. The third-order valence-corrected chi connectivity index (χ3v) is 4.78. The Balaban J connectivity index is 1.85. The van der Waals surface area contributed by atoms with E-state index in [0.717, 1.165) is 16.8 Å². The zero-order chi connectivity index (χ0) is 23.5. The van der Waals surface area contributed by atoms with E-state index < -0.39 is 23.4 Å². The summed E-state index contributed by atoms with van der Waals surface area (Å²) in [4.78, 5) is 23.1. The summed E-state index contributed by atoms with van der Waals surface area (Å²) in [5.41, 5.74) is 5.19. The topological polar surface area (TPSA) is 133 Å². The van der Waals surface area contributed by atoms with E-state index in [0.29, 0.717) is 0 Å². The van der Waals surface area contributed by atoms with Gasteiger partial charge >= 0.3 is 5.69 Å². The van der Waals surface area contributed by atoms with Crippen LogP contribution in [0.2, 0.25) is 0 Å². The molecule has 4 aromatic rings. The number of hydrogen-bond acceptors (Lipinski definition) is 8. The highest BCUT2D eigenvalue weighted by Gasteiger charge is 2.26. The van der Waals surface area contributed by atoms with Gasteiger partial charge < -0.3 is 20.5 Å². The lowest BCUT2D eigenvalue weighted by atomic mass is 10.0. The quantitative estimate of drug-likeness (QED) is 0.362. The summed E-state index contributed by atoms with van der Waals surface area (Å²) in [5.74, 6) is -0.869. The lowest BCUT2D eigenvalue weighted by molar-refractivity contribution is 0.351. The van der Waals surface area contributed by atoms with Crippen LogP contribution in [0.15, 0.2) is 53.6 Å². The maximum absolute atomic E-state index is 15.1. The molecule has 0 amide bonds. The van der Waals surface area contributed by atoms with Crippen molar-refractivity contribution in [2.75, 3.05) is 25.3 Å². The summed E-state index contributed by atoms with van der Waals surface area (Å²) in [6.07, 6.45) is 2.90. The summed E-state index contributed by atoms with van der Waals surface area (Å²) in [6.45, 7) is 0. The number of aromatic amines is 1. The third kappa shape index (κ3) is 4.31. The Morgan fingerprint density at radius 2 is 1.76 bits per heavy atom. The molecule has 4 rings (SSSR count). The molecule has 0 saturated heterocycles. The molecule has 1 unspecified atom stereocenters. The van der Waals surface area contributed by atoms with E-state index in [1.807, 2.05) is 0 Å². The highest BCUT2D eigenvalue weighted by Crippen LogP contribution is 2.35. The lowest BCUT2D eigenvalue weighted by Crippen LogP contribution is -2.18. The van der Waals surface area contributed by atoms with Crippen LogP contribution < -0.4 is 26.2 Å². The van der Waals surface area contributed by atoms with Gasteiger partial charge in [0.15, 0.2) is 17.3 Å². The summed E-state index contributed by atoms with van der Waals surface area (Å²) < 4.78 is 40.6. The molecule has 0 aliphatic carbocycles. The molecule has 2 aromatic carbocycles. The first-order valence-corrected chi connectivity index (χ1v) is 9.61. The summed E-state index contributed by atoms with van der Waals surface area (Å²) in [5, 5.41) is 7.22. The van der Waals surface area contributed by atoms with E-state index in [1.165, 1.54) is 44.8 Å². The molecule has 0 spiro atoms. The van der Waals surface area contributed by atoms with Gasteiger partial charge in [-0.3, -0.25) is 4.98 Å². The monoisotopic (exact) mass is 455 g/mol. The predicted molar refractivity (Wildman–Crippen MR) is 116 cm³/mol. The van der Waals surface area contributed by atoms with Gasteiger partial charge in [-0.25, -0.2) is 23.5 Å². The number of nitrogens with one attached hydrogen (secondary N) is 2. The fraction of sp³-hybridized carbons (Fsp3) is 0.143. The molecule has 0 aliphatic heterocycles. The Labute approximate surface area is 186 Å². The fourth-order valence-corrected chi connectivity index (χ4v) is 3.17. The van der Waals surface area contributed by atoms with E-state index in [4.69, 9.17) is 15.2 Å². The Kier molecular flexibility index (Phi) is 5.89. The molecule has 1 atom stereocenters. The van der Waals surface area contributed by atoms with Crippen LogP contribution in [0.3, 0.4) is 0 Å². The standard InChI is InChI=1S/C21H19F2N7O3/c1-32-16-9-12(13(22)10-17(16)33-2)18(27-11-4-5-15(24)14(23)8-11)19-28-21(31)30(29-19)20-25-6-3-7-26-20/h3-10,18,27H,24H2,1-2H3,(H,28,29,31). The maximum Gasteiger partial charge on any atom is 0.350 e. The van der Waals surface area contributed by atoms with Gasteiger partial charge in [0.25, 0.3) is 5.95 Å². The maximum atomic E-state index is 15.1. The zero-order valence-electron chi connectivity index (χ0n) is 17.5. The van der Waals surface area contributed by atoms with Gasteiger partial charge in [-0.15, -0.1) is 9.78 Å². The third-order valence-electron chi connectivity index (χ3n) is 4.78. The molecular formula is C21H19F2N7O3. The van der Waals surface area contributed by atoms with Gasteiger partial charge in [0, 0.05) is 29.7 Å². The van der Waals surface area contributed by atoms with Gasteiger partial charge in [0.05, 0.1) is 19.9 Å². The van der Waals surface area contributed by atoms with E-state index >= 15 is 4.39 Å². The van der Waals surface area contributed by atoms with Crippen molar-refractivity contribution in [1.82, 2.24) is 24.7 Å². The molecule has 0 radical (unpaired) electrons. The molecule has 0 saturated carbocycles. The van der Waals surface area contributed by atoms with Crippen LogP contribution in [-0.4, -0.2) is 39.0 Å². The predicted octanol–water partition coefficient (Wildman–Crippen LogP) is 2.43. The van der Waals surface area contributed by atoms with Crippen LogP contribution in [0.1, 0.15) is 17.4 Å². The van der Waals surface area contributed by atoms with Crippen molar-refractivity contribution < 1.29 is 18.3 Å². The number of H-pyrrole nitrogens is 1. The molecule has 33 heavy (non-hydrogen) atoms. The minimum atomic E-state index is -1.06. The summed E-state index contributed by atoms with van der Waals surface area (Å²) >= 11 is 0. The number of ether oxygens (including phenoxy) is 2. The van der Waals surface area contributed by atoms with Crippen LogP contribution in [0, 0.1) is 11.6 Å². The van der Waals surface area contributed by atoms with Gasteiger partial charge in [-0.1, -0.05) is 0 Å². The van der Waals surface area contributed by atoms with E-state index in [9.17, 15) is 9.18 Å². The van der Waals surface area contributed by atoms with Gasteiger partial charge in [0.1, 0.15) is 17.7 Å². The van der Waals surface area contributed by atoms with Crippen LogP contribution in [0.4, 0.5) is 20.2 Å². The number of benzene rings is 2. The van der Waals surface area contributed by atoms with Gasteiger partial charge in [0.2, 0.25) is 0 Å². The Morgan fingerprint density at radius 3 is 2.42 bits per heavy atom. The highest BCUT2D eigenvalue weighted by atomic mass is 19.1. The van der Waals surface area contributed by atoms with Gasteiger partial charge in [-0.2, -0.15) is 0 Å². The molecule has 170 valence electrons. The molecule has 0 fully saturated rings. The first-order valence-electron chi connectivity index (χ1n) is 9.61. The van der Waals surface area contributed by atoms with Crippen molar-refractivity contribution in [3.63, 3.8) is 0 Å². The molecule has 2 aromatic heterocycles. The largest absolute Gasteiger partial charge is 0.493 e. The molecule has 2 heterocycles. The second kappa shape index (κ2) is 8.94.